The predicted octanol–water partition coefficient (Wildman–Crippen LogP) is 9.14. The van der Waals surface area contributed by atoms with E-state index in [0.29, 0.717) is 11.8 Å². The fraction of sp³-hybridized carbons (Fsp3) is 0.200. The largest absolute Gasteiger partial charge is 0.259 e. The first kappa shape index (κ1) is 19.9. The first-order valence-corrected chi connectivity index (χ1v) is 11.7. The van der Waals surface area contributed by atoms with E-state index in [9.17, 15) is 0 Å². The molecule has 0 radical (unpaired) electrons. The molecule has 2 unspecified atom stereocenters. The van der Waals surface area contributed by atoms with Crippen molar-refractivity contribution in [2.24, 2.45) is 10.3 Å². The molecule has 0 bridgehead atoms. The van der Waals surface area contributed by atoms with Crippen molar-refractivity contribution in [3.63, 3.8) is 0 Å². The summed E-state index contributed by atoms with van der Waals surface area (Å²) in [6.07, 6.45) is 4.69. The lowest BCUT2D eigenvalue weighted by atomic mass is 9.83. The Bertz CT molecular complexity index is 1540. The maximum Gasteiger partial charge on any atom is 0.0953 e. The summed E-state index contributed by atoms with van der Waals surface area (Å²) in [6.45, 7) is 8.91. The molecule has 2 atom stereocenters. The molecule has 0 spiro atoms. The molecule has 4 aromatic rings. The summed E-state index contributed by atoms with van der Waals surface area (Å²) < 4.78 is 0. The molecule has 0 heterocycles. The lowest BCUT2D eigenvalue weighted by Gasteiger charge is -2.22. The van der Waals surface area contributed by atoms with Crippen LogP contribution in [0, 0.1) is 0 Å². The number of anilines is 1. The quantitative estimate of drug-likeness (QED) is 0.256. The maximum atomic E-state index is 4.62. The molecular formula is C30H27N3. The summed E-state index contributed by atoms with van der Waals surface area (Å²) in [5.74, 6) is 0.819. The summed E-state index contributed by atoms with van der Waals surface area (Å²) in [5.41, 5.74) is 13.1. The number of nitrogens with one attached hydrogen (secondary N) is 1. The third-order valence-electron chi connectivity index (χ3n) is 7.28. The van der Waals surface area contributed by atoms with Crippen LogP contribution in [0.15, 0.2) is 83.2 Å². The van der Waals surface area contributed by atoms with Gasteiger partial charge in [-0.05, 0) is 70.2 Å². The van der Waals surface area contributed by atoms with E-state index in [1.54, 1.807) is 0 Å². The van der Waals surface area contributed by atoms with Crippen LogP contribution < -0.4 is 5.43 Å². The average Bonchev–Trinajstić information content (AvgIpc) is 2.81. The molecule has 3 heteroatoms. The Balaban J connectivity index is 1.40. The molecule has 1 N–H and O–H groups in total. The zero-order chi connectivity index (χ0) is 22.7. The van der Waals surface area contributed by atoms with E-state index >= 15 is 0 Å². The molecule has 162 valence electrons. The molecule has 0 aromatic heterocycles. The van der Waals surface area contributed by atoms with Gasteiger partial charge in [0.05, 0.1) is 11.4 Å². The van der Waals surface area contributed by atoms with Crippen molar-refractivity contribution in [1.82, 2.24) is 0 Å². The summed E-state index contributed by atoms with van der Waals surface area (Å²) in [7, 11) is 0. The van der Waals surface area contributed by atoms with Gasteiger partial charge >= 0.3 is 0 Å². The third-order valence-corrected chi connectivity index (χ3v) is 7.28. The Morgan fingerprint density at radius 1 is 0.667 bits per heavy atom. The number of benzene rings is 4. The van der Waals surface area contributed by atoms with Gasteiger partial charge in [-0.1, -0.05) is 79.8 Å². The topological polar surface area (TPSA) is 36.8 Å². The summed E-state index contributed by atoms with van der Waals surface area (Å²) in [5, 5.41) is 14.0. The molecule has 4 aromatic carbocycles. The Morgan fingerprint density at radius 2 is 1.24 bits per heavy atom. The van der Waals surface area contributed by atoms with Gasteiger partial charge in [-0.25, -0.2) is 0 Å². The van der Waals surface area contributed by atoms with Crippen LogP contribution >= 0.6 is 0 Å². The van der Waals surface area contributed by atoms with Crippen molar-refractivity contribution in [1.29, 1.82) is 0 Å². The van der Waals surface area contributed by atoms with Crippen molar-refractivity contribution in [2.75, 3.05) is 5.43 Å². The highest BCUT2D eigenvalue weighted by atomic mass is 15.4. The van der Waals surface area contributed by atoms with Crippen LogP contribution in [-0.4, -0.2) is 0 Å². The van der Waals surface area contributed by atoms with E-state index in [1.165, 1.54) is 49.6 Å². The molecule has 33 heavy (non-hydrogen) atoms. The van der Waals surface area contributed by atoms with Gasteiger partial charge in [0.15, 0.2) is 0 Å². The summed E-state index contributed by atoms with van der Waals surface area (Å²) in [4.78, 5) is 0. The second kappa shape index (κ2) is 7.41. The van der Waals surface area contributed by atoms with Crippen molar-refractivity contribution in [2.45, 2.75) is 39.5 Å². The average molecular weight is 430 g/mol. The normalized spacial score (nSPS) is 19.2. The molecule has 0 fully saturated rings. The lowest BCUT2D eigenvalue weighted by Crippen LogP contribution is -2.02. The van der Waals surface area contributed by atoms with E-state index in [2.05, 4.69) is 116 Å². The van der Waals surface area contributed by atoms with Crippen LogP contribution in [0.4, 0.5) is 11.4 Å². The van der Waals surface area contributed by atoms with Crippen LogP contribution in [0.25, 0.3) is 32.7 Å². The van der Waals surface area contributed by atoms with Gasteiger partial charge in [0, 0.05) is 22.6 Å². The fourth-order valence-corrected chi connectivity index (χ4v) is 5.70. The first-order chi connectivity index (χ1) is 16.0. The second-order valence-corrected chi connectivity index (χ2v) is 9.42. The number of hydrogen-bond donors (Lipinski definition) is 1. The molecular weight excluding hydrogens is 402 g/mol. The molecule has 0 saturated heterocycles. The van der Waals surface area contributed by atoms with Crippen LogP contribution in [0.2, 0.25) is 0 Å². The van der Waals surface area contributed by atoms with Crippen LogP contribution in [-0.2, 0) is 0 Å². The highest BCUT2D eigenvalue weighted by Gasteiger charge is 2.20. The minimum Gasteiger partial charge on any atom is -0.259 e. The Hall–Kier alpha value is -3.72. The highest BCUT2D eigenvalue weighted by Crippen LogP contribution is 2.43. The molecule has 3 nitrogen and oxygen atoms in total. The van der Waals surface area contributed by atoms with E-state index in [-0.39, 0.29) is 0 Å². The fourth-order valence-electron chi connectivity index (χ4n) is 5.70. The molecule has 6 rings (SSSR count). The molecule has 2 aliphatic carbocycles. The zero-order valence-electron chi connectivity index (χ0n) is 19.5. The van der Waals surface area contributed by atoms with Crippen molar-refractivity contribution >= 4 is 44.1 Å². The smallest absolute Gasteiger partial charge is 0.0953 e. The minimum absolute atomic E-state index is 0.407. The van der Waals surface area contributed by atoms with Gasteiger partial charge in [0.2, 0.25) is 0 Å². The van der Waals surface area contributed by atoms with Gasteiger partial charge in [-0.3, -0.25) is 5.43 Å². The minimum atomic E-state index is 0.407. The highest BCUT2D eigenvalue weighted by molar-refractivity contribution is 6.05. The van der Waals surface area contributed by atoms with Gasteiger partial charge in [0.25, 0.3) is 0 Å². The van der Waals surface area contributed by atoms with E-state index < -0.39 is 0 Å². The molecule has 0 aliphatic heterocycles. The zero-order valence-corrected chi connectivity index (χ0v) is 19.5. The predicted molar refractivity (Wildman–Crippen MR) is 140 cm³/mol. The van der Waals surface area contributed by atoms with Crippen LogP contribution in [0.5, 0.6) is 0 Å². The van der Waals surface area contributed by atoms with Crippen LogP contribution in [0.1, 0.15) is 61.8 Å². The number of rotatable bonds is 3. The van der Waals surface area contributed by atoms with E-state index in [0.717, 1.165) is 16.8 Å². The van der Waals surface area contributed by atoms with Crippen molar-refractivity contribution < 1.29 is 0 Å². The summed E-state index contributed by atoms with van der Waals surface area (Å²) >= 11 is 0. The first-order valence-electron chi connectivity index (χ1n) is 11.7. The SMILES string of the molecule is CC1=CC(C)c2cccc3c(/N=N/Nc4ccc5c6c(cccc46)C(C)C=C5C)ccc1c23. The van der Waals surface area contributed by atoms with Gasteiger partial charge in [-0.15, -0.1) is 5.11 Å². The van der Waals surface area contributed by atoms with Crippen LogP contribution in [0.3, 0.4) is 0 Å². The van der Waals surface area contributed by atoms with Gasteiger partial charge in [0.1, 0.15) is 0 Å². The van der Waals surface area contributed by atoms with E-state index in [1.807, 2.05) is 0 Å². The molecule has 0 saturated carbocycles. The summed E-state index contributed by atoms with van der Waals surface area (Å²) in [6, 6.07) is 21.6. The van der Waals surface area contributed by atoms with Gasteiger partial charge in [-0.2, -0.15) is 0 Å². The Labute approximate surface area is 194 Å². The number of nitrogens with zero attached hydrogens (tertiary/aromatic N) is 2. The maximum absolute atomic E-state index is 4.62. The van der Waals surface area contributed by atoms with Crippen molar-refractivity contribution in [3.05, 3.63) is 95.1 Å². The monoisotopic (exact) mass is 429 g/mol. The van der Waals surface area contributed by atoms with Gasteiger partial charge < -0.3 is 0 Å². The lowest BCUT2D eigenvalue weighted by molar-refractivity contribution is 0.972. The number of hydrogen-bond acceptors (Lipinski definition) is 2. The standard InChI is InChI=1S/C30H27N3/c1-17-15-19(3)23-11-13-27(25-9-5-7-21(17)29(23)25)31-33-32-28-14-12-24-20(4)16-18(2)22-8-6-10-26(28)30(22)24/h5-18H,1-4H3,(H,31,32). The second-order valence-electron chi connectivity index (χ2n) is 9.42. The van der Waals surface area contributed by atoms with E-state index in [4.69, 9.17) is 0 Å². The Morgan fingerprint density at radius 3 is 1.91 bits per heavy atom. The molecule has 0 amide bonds. The Kier molecular flexibility index (Phi) is 4.48. The van der Waals surface area contributed by atoms with Crippen molar-refractivity contribution in [3.8, 4) is 0 Å². The number of allylic oxidation sites excluding steroid dienone is 4. The molecule has 2 aliphatic rings. The third kappa shape index (κ3) is 3.03.